The van der Waals surface area contributed by atoms with Crippen molar-refractivity contribution >= 4 is 17.8 Å². The lowest BCUT2D eigenvalue weighted by Gasteiger charge is -2.02. The van der Waals surface area contributed by atoms with E-state index in [0.29, 0.717) is 5.56 Å². The van der Waals surface area contributed by atoms with Crippen molar-refractivity contribution in [2.24, 2.45) is 5.73 Å². The molecular formula is C16H12FNO3. The van der Waals surface area contributed by atoms with Gasteiger partial charge in [-0.2, -0.15) is 0 Å². The molecule has 0 unspecified atom stereocenters. The van der Waals surface area contributed by atoms with Gasteiger partial charge in [-0.25, -0.2) is 4.39 Å². The Kier molecular flexibility index (Phi) is 4.13. The second-order valence-corrected chi connectivity index (χ2v) is 4.35. The van der Waals surface area contributed by atoms with Crippen molar-refractivity contribution in [3.8, 4) is 5.75 Å². The van der Waals surface area contributed by atoms with Gasteiger partial charge in [-0.1, -0.05) is 18.2 Å². The zero-order valence-corrected chi connectivity index (χ0v) is 10.9. The third kappa shape index (κ3) is 3.54. The normalized spacial score (nSPS) is 10.7. The maximum Gasteiger partial charge on any atom is 0.252 e. The molecule has 0 aliphatic rings. The molecule has 1 amide bonds. The van der Waals surface area contributed by atoms with Gasteiger partial charge >= 0.3 is 0 Å². The van der Waals surface area contributed by atoms with Crippen LogP contribution < -0.4 is 5.73 Å². The maximum atomic E-state index is 12.7. The average Bonchev–Trinajstić information content (AvgIpc) is 2.46. The summed E-state index contributed by atoms with van der Waals surface area (Å²) in [6.45, 7) is 0. The molecule has 3 N–H and O–H groups in total. The van der Waals surface area contributed by atoms with E-state index >= 15 is 0 Å². The smallest absolute Gasteiger partial charge is 0.252 e. The van der Waals surface area contributed by atoms with Gasteiger partial charge < -0.3 is 10.8 Å². The van der Waals surface area contributed by atoms with Crippen LogP contribution in [0.1, 0.15) is 26.3 Å². The van der Waals surface area contributed by atoms with E-state index in [4.69, 9.17) is 5.73 Å². The molecule has 4 nitrogen and oxygen atoms in total. The molecule has 2 aromatic rings. The van der Waals surface area contributed by atoms with E-state index in [0.717, 1.165) is 0 Å². The lowest BCUT2D eigenvalue weighted by Crippen LogP contribution is -2.12. The average molecular weight is 285 g/mol. The Morgan fingerprint density at radius 3 is 2.38 bits per heavy atom. The number of rotatable bonds is 4. The van der Waals surface area contributed by atoms with Gasteiger partial charge in [0.05, 0.1) is 5.56 Å². The number of benzene rings is 2. The van der Waals surface area contributed by atoms with Crippen LogP contribution in [0.4, 0.5) is 4.39 Å². The molecule has 0 aliphatic carbocycles. The molecule has 0 spiro atoms. The summed E-state index contributed by atoms with van der Waals surface area (Å²) >= 11 is 0. The number of hydrogen-bond donors (Lipinski definition) is 2. The predicted molar refractivity (Wildman–Crippen MR) is 76.4 cm³/mol. The van der Waals surface area contributed by atoms with Crippen LogP contribution in [0.5, 0.6) is 5.75 Å². The van der Waals surface area contributed by atoms with E-state index in [2.05, 4.69) is 0 Å². The number of halogens is 1. The van der Waals surface area contributed by atoms with E-state index in [1.807, 2.05) is 0 Å². The topological polar surface area (TPSA) is 80.4 Å². The Morgan fingerprint density at radius 2 is 1.76 bits per heavy atom. The van der Waals surface area contributed by atoms with Crippen LogP contribution in [0.2, 0.25) is 0 Å². The van der Waals surface area contributed by atoms with E-state index in [1.54, 1.807) is 0 Å². The molecule has 2 aromatic carbocycles. The van der Waals surface area contributed by atoms with Gasteiger partial charge in [0.2, 0.25) is 0 Å². The minimum atomic E-state index is -0.815. The largest absolute Gasteiger partial charge is 0.507 e. The van der Waals surface area contributed by atoms with Crippen molar-refractivity contribution < 1.29 is 19.1 Å². The van der Waals surface area contributed by atoms with Crippen LogP contribution in [0.25, 0.3) is 6.08 Å². The Morgan fingerprint density at radius 1 is 1.10 bits per heavy atom. The number of aromatic hydroxyl groups is 1. The van der Waals surface area contributed by atoms with Crippen molar-refractivity contribution in [2.45, 2.75) is 0 Å². The molecule has 2 rings (SSSR count). The van der Waals surface area contributed by atoms with Crippen molar-refractivity contribution in [3.05, 3.63) is 71.0 Å². The van der Waals surface area contributed by atoms with Gasteiger partial charge in [-0.05, 0) is 42.0 Å². The predicted octanol–water partition coefficient (Wildman–Crippen LogP) is 2.53. The fourth-order valence-electron chi connectivity index (χ4n) is 1.73. The van der Waals surface area contributed by atoms with Crippen LogP contribution in [0.3, 0.4) is 0 Å². The summed E-state index contributed by atoms with van der Waals surface area (Å²) in [6.07, 6.45) is 2.82. The number of phenols is 1. The van der Waals surface area contributed by atoms with E-state index in [9.17, 15) is 19.1 Å². The number of hydrogen-bond acceptors (Lipinski definition) is 3. The Hall–Kier alpha value is -2.95. The second kappa shape index (κ2) is 6.00. The molecule has 0 saturated carbocycles. The maximum absolute atomic E-state index is 12.7. The monoisotopic (exact) mass is 285 g/mol. The fourth-order valence-corrected chi connectivity index (χ4v) is 1.73. The summed E-state index contributed by atoms with van der Waals surface area (Å²) in [6, 6.07) is 9.49. The molecule has 0 fully saturated rings. The Balaban J connectivity index is 2.22. The second-order valence-electron chi connectivity index (χ2n) is 4.35. The number of carbonyl (C=O) groups is 2. The summed E-state index contributed by atoms with van der Waals surface area (Å²) in [5, 5.41) is 9.46. The zero-order chi connectivity index (χ0) is 15.4. The molecule has 0 aromatic heterocycles. The highest BCUT2D eigenvalue weighted by molar-refractivity contribution is 6.08. The van der Waals surface area contributed by atoms with Crippen LogP contribution in [-0.4, -0.2) is 16.8 Å². The van der Waals surface area contributed by atoms with Crippen molar-refractivity contribution in [1.82, 2.24) is 0 Å². The number of ketones is 1. The first-order valence-corrected chi connectivity index (χ1v) is 6.08. The number of carbonyl (C=O) groups excluding carboxylic acids is 2. The highest BCUT2D eigenvalue weighted by Gasteiger charge is 2.11. The first-order chi connectivity index (χ1) is 9.97. The highest BCUT2D eigenvalue weighted by atomic mass is 19.1. The van der Waals surface area contributed by atoms with Gasteiger partial charge in [0.15, 0.2) is 5.78 Å². The van der Waals surface area contributed by atoms with Gasteiger partial charge in [0, 0.05) is 5.56 Å². The number of nitrogens with two attached hydrogens (primary N) is 1. The zero-order valence-electron chi connectivity index (χ0n) is 10.9. The van der Waals surface area contributed by atoms with Crippen molar-refractivity contribution in [2.75, 3.05) is 0 Å². The van der Waals surface area contributed by atoms with Crippen LogP contribution in [0.15, 0.2) is 48.5 Å². The van der Waals surface area contributed by atoms with Crippen molar-refractivity contribution in [3.63, 3.8) is 0 Å². The molecule has 106 valence electrons. The highest BCUT2D eigenvalue weighted by Crippen LogP contribution is 2.18. The third-order valence-corrected chi connectivity index (χ3v) is 2.84. The lowest BCUT2D eigenvalue weighted by molar-refractivity contribution is 0.0997. The summed E-state index contributed by atoms with van der Waals surface area (Å²) in [5.41, 5.74) is 5.87. The minimum absolute atomic E-state index is 0.115. The molecule has 0 bridgehead atoms. The van der Waals surface area contributed by atoms with E-state index in [-0.39, 0.29) is 28.5 Å². The molecule has 0 radical (unpaired) electrons. The first-order valence-electron chi connectivity index (χ1n) is 6.08. The number of primary amides is 1. The Bertz CT molecular complexity index is 721. The third-order valence-electron chi connectivity index (χ3n) is 2.84. The summed E-state index contributed by atoms with van der Waals surface area (Å²) in [5.74, 6) is -1.81. The molecule has 0 heterocycles. The fraction of sp³-hybridized carbons (Fsp3) is 0. The van der Waals surface area contributed by atoms with Crippen LogP contribution in [0, 0.1) is 5.82 Å². The van der Waals surface area contributed by atoms with Crippen LogP contribution in [-0.2, 0) is 0 Å². The number of allylic oxidation sites excluding steroid dienone is 1. The molecule has 0 saturated heterocycles. The first kappa shape index (κ1) is 14.5. The van der Waals surface area contributed by atoms with Gasteiger partial charge in [0.25, 0.3) is 5.91 Å². The molecular weight excluding hydrogens is 273 g/mol. The van der Waals surface area contributed by atoms with Crippen molar-refractivity contribution in [1.29, 1.82) is 0 Å². The minimum Gasteiger partial charge on any atom is -0.507 e. The lowest BCUT2D eigenvalue weighted by atomic mass is 10.0. The van der Waals surface area contributed by atoms with Gasteiger partial charge in [0.1, 0.15) is 11.6 Å². The van der Waals surface area contributed by atoms with Gasteiger partial charge in [-0.3, -0.25) is 9.59 Å². The quantitative estimate of drug-likeness (QED) is 0.669. The summed E-state index contributed by atoms with van der Waals surface area (Å²) in [4.78, 5) is 23.1. The molecule has 21 heavy (non-hydrogen) atoms. The summed E-state index contributed by atoms with van der Waals surface area (Å²) < 4.78 is 12.7. The molecule has 5 heteroatoms. The van der Waals surface area contributed by atoms with E-state index in [1.165, 1.54) is 54.6 Å². The summed E-state index contributed by atoms with van der Waals surface area (Å²) in [7, 11) is 0. The SMILES string of the molecule is NC(=O)c1cc(C(=O)/C=C/c2ccc(F)cc2)ccc1O. The van der Waals surface area contributed by atoms with E-state index < -0.39 is 5.91 Å². The standard InChI is InChI=1S/C16H12FNO3/c17-12-5-1-10(2-6-12)3-7-14(19)11-4-8-15(20)13(9-11)16(18)21/h1-9,20H,(H2,18,21)/b7-3+. The van der Waals surface area contributed by atoms with Gasteiger partial charge in [-0.15, -0.1) is 0 Å². The molecule has 0 atom stereocenters. The molecule has 0 aliphatic heterocycles. The Labute approximate surface area is 120 Å². The number of amides is 1. The van der Waals surface area contributed by atoms with Crippen LogP contribution >= 0.6 is 0 Å².